The van der Waals surface area contributed by atoms with E-state index >= 15 is 0 Å². The van der Waals surface area contributed by atoms with Crippen molar-refractivity contribution in [3.8, 4) is 0 Å². The number of non-ortho nitro benzene ring substituents is 1. The van der Waals surface area contributed by atoms with Crippen molar-refractivity contribution in [1.29, 1.82) is 0 Å². The Morgan fingerprint density at radius 1 is 1.47 bits per heavy atom. The highest BCUT2D eigenvalue weighted by Gasteiger charge is 2.22. The average molecular weight is 256 g/mol. The van der Waals surface area contributed by atoms with Gasteiger partial charge in [0.2, 0.25) is 5.91 Å². The summed E-state index contributed by atoms with van der Waals surface area (Å²) >= 11 is 5.95. The SMILES string of the molecule is O=C1CNCCN1c1ccc([N+](=O)[O-])cc1Cl. The number of hydrogen-bond donors (Lipinski definition) is 1. The molecular weight excluding hydrogens is 246 g/mol. The Kier molecular flexibility index (Phi) is 3.26. The Balaban J connectivity index is 2.32. The Bertz CT molecular complexity index is 478. The fourth-order valence-corrected chi connectivity index (χ4v) is 1.97. The highest BCUT2D eigenvalue weighted by atomic mass is 35.5. The molecule has 0 unspecified atom stereocenters. The maximum atomic E-state index is 11.6. The molecule has 17 heavy (non-hydrogen) atoms. The first-order chi connectivity index (χ1) is 8.09. The zero-order chi connectivity index (χ0) is 12.4. The van der Waals surface area contributed by atoms with Crippen molar-refractivity contribution in [2.75, 3.05) is 24.5 Å². The minimum Gasteiger partial charge on any atom is -0.309 e. The van der Waals surface area contributed by atoms with Crippen LogP contribution < -0.4 is 10.2 Å². The van der Waals surface area contributed by atoms with Crippen LogP contribution in [0.4, 0.5) is 11.4 Å². The van der Waals surface area contributed by atoms with Crippen LogP contribution in [0, 0.1) is 10.1 Å². The van der Waals surface area contributed by atoms with Crippen molar-refractivity contribution >= 4 is 28.9 Å². The fraction of sp³-hybridized carbons (Fsp3) is 0.300. The lowest BCUT2D eigenvalue weighted by Gasteiger charge is -2.27. The maximum Gasteiger partial charge on any atom is 0.271 e. The molecule has 1 aromatic rings. The number of hydrogen-bond acceptors (Lipinski definition) is 4. The van der Waals surface area contributed by atoms with Gasteiger partial charge in [-0.15, -0.1) is 0 Å². The number of amides is 1. The number of carbonyl (C=O) groups excluding carboxylic acids is 1. The van der Waals surface area contributed by atoms with Crippen LogP contribution in [0.5, 0.6) is 0 Å². The Morgan fingerprint density at radius 3 is 2.82 bits per heavy atom. The molecule has 1 aliphatic rings. The van der Waals surface area contributed by atoms with Crippen LogP contribution in [0.3, 0.4) is 0 Å². The first-order valence-electron chi connectivity index (χ1n) is 5.04. The number of nitro groups is 1. The lowest BCUT2D eigenvalue weighted by atomic mass is 10.2. The molecular formula is C10H10ClN3O3. The van der Waals surface area contributed by atoms with Crippen LogP contribution in [-0.2, 0) is 4.79 Å². The second kappa shape index (κ2) is 4.68. The number of anilines is 1. The van der Waals surface area contributed by atoms with Gasteiger partial charge >= 0.3 is 0 Å². The van der Waals surface area contributed by atoms with E-state index in [1.807, 2.05) is 0 Å². The van der Waals surface area contributed by atoms with Gasteiger partial charge in [0.25, 0.3) is 5.69 Å². The second-order valence-electron chi connectivity index (χ2n) is 3.61. The number of benzene rings is 1. The van der Waals surface area contributed by atoms with Crippen LogP contribution in [0.1, 0.15) is 0 Å². The van der Waals surface area contributed by atoms with Crippen molar-refractivity contribution < 1.29 is 9.72 Å². The van der Waals surface area contributed by atoms with Gasteiger partial charge in [0.15, 0.2) is 0 Å². The summed E-state index contributed by atoms with van der Waals surface area (Å²) in [4.78, 5) is 23.2. The first kappa shape index (κ1) is 11.8. The third kappa shape index (κ3) is 2.37. The molecule has 0 aliphatic carbocycles. The van der Waals surface area contributed by atoms with Crippen LogP contribution >= 0.6 is 11.6 Å². The third-order valence-electron chi connectivity index (χ3n) is 2.52. The summed E-state index contributed by atoms with van der Waals surface area (Å²) in [6.07, 6.45) is 0. The Morgan fingerprint density at radius 2 is 2.24 bits per heavy atom. The van der Waals surface area contributed by atoms with Crippen molar-refractivity contribution in [2.45, 2.75) is 0 Å². The number of piperazine rings is 1. The molecule has 0 atom stereocenters. The zero-order valence-electron chi connectivity index (χ0n) is 8.85. The number of nitrogens with zero attached hydrogens (tertiary/aromatic N) is 2. The first-order valence-corrected chi connectivity index (χ1v) is 5.42. The van der Waals surface area contributed by atoms with Crippen molar-refractivity contribution in [3.05, 3.63) is 33.3 Å². The second-order valence-corrected chi connectivity index (χ2v) is 4.02. The lowest BCUT2D eigenvalue weighted by Crippen LogP contribution is -2.48. The Hall–Kier alpha value is -1.66. The summed E-state index contributed by atoms with van der Waals surface area (Å²) in [5.74, 6) is -0.0907. The normalized spacial score (nSPS) is 16.1. The van der Waals surface area contributed by atoms with E-state index in [4.69, 9.17) is 11.6 Å². The standard InChI is InChI=1S/C10H10ClN3O3/c11-8-5-7(14(16)17)1-2-9(8)13-4-3-12-6-10(13)15/h1-2,5,12H,3-4,6H2. The van der Waals surface area contributed by atoms with Crippen LogP contribution in [0.15, 0.2) is 18.2 Å². The minimum absolute atomic E-state index is 0.0821. The molecule has 0 bridgehead atoms. The van der Waals surface area contributed by atoms with E-state index in [1.54, 1.807) is 0 Å². The molecule has 0 aromatic heterocycles. The molecule has 7 heteroatoms. The number of nitro benzene ring substituents is 1. The van der Waals surface area contributed by atoms with Gasteiger partial charge in [-0.25, -0.2) is 0 Å². The molecule has 1 aliphatic heterocycles. The average Bonchev–Trinajstić information content (AvgIpc) is 2.30. The van der Waals surface area contributed by atoms with E-state index < -0.39 is 4.92 Å². The molecule has 6 nitrogen and oxygen atoms in total. The molecule has 1 N–H and O–H groups in total. The highest BCUT2D eigenvalue weighted by Crippen LogP contribution is 2.30. The third-order valence-corrected chi connectivity index (χ3v) is 2.83. The fourth-order valence-electron chi connectivity index (χ4n) is 1.69. The Labute approximate surface area is 102 Å². The van der Waals surface area contributed by atoms with Gasteiger partial charge in [-0.2, -0.15) is 0 Å². The van der Waals surface area contributed by atoms with Crippen LogP contribution in [0.2, 0.25) is 5.02 Å². The van der Waals surface area contributed by atoms with E-state index in [0.29, 0.717) is 18.8 Å². The minimum atomic E-state index is -0.519. The quantitative estimate of drug-likeness (QED) is 0.636. The van der Waals surface area contributed by atoms with Crippen LogP contribution in [0.25, 0.3) is 0 Å². The topological polar surface area (TPSA) is 75.5 Å². The van der Waals surface area contributed by atoms with Gasteiger partial charge in [-0.1, -0.05) is 11.6 Å². The predicted octanol–water partition coefficient (Wildman–Crippen LogP) is 1.18. The zero-order valence-corrected chi connectivity index (χ0v) is 9.61. The smallest absolute Gasteiger partial charge is 0.271 e. The molecule has 1 saturated heterocycles. The molecule has 90 valence electrons. The van der Waals surface area contributed by atoms with E-state index in [2.05, 4.69) is 5.32 Å². The number of carbonyl (C=O) groups is 1. The predicted molar refractivity (Wildman–Crippen MR) is 63.3 cm³/mol. The van der Waals surface area contributed by atoms with Gasteiger partial charge in [0, 0.05) is 25.2 Å². The summed E-state index contributed by atoms with van der Waals surface area (Å²) < 4.78 is 0. The van der Waals surface area contributed by atoms with Crippen molar-refractivity contribution in [3.63, 3.8) is 0 Å². The summed E-state index contributed by atoms with van der Waals surface area (Å²) in [5, 5.41) is 13.7. The summed E-state index contributed by atoms with van der Waals surface area (Å²) in [7, 11) is 0. The van der Waals surface area contributed by atoms with Crippen molar-refractivity contribution in [1.82, 2.24) is 5.32 Å². The molecule has 2 rings (SSSR count). The van der Waals surface area contributed by atoms with Crippen LogP contribution in [-0.4, -0.2) is 30.5 Å². The molecule has 1 amide bonds. The molecule has 1 aromatic carbocycles. The van der Waals surface area contributed by atoms with Gasteiger partial charge in [0.05, 0.1) is 22.2 Å². The molecule has 0 spiro atoms. The largest absolute Gasteiger partial charge is 0.309 e. The lowest BCUT2D eigenvalue weighted by molar-refractivity contribution is -0.384. The van der Waals surface area contributed by atoms with Crippen molar-refractivity contribution in [2.24, 2.45) is 0 Å². The molecule has 1 fully saturated rings. The maximum absolute atomic E-state index is 11.6. The summed E-state index contributed by atoms with van der Waals surface area (Å²) in [5.41, 5.74) is 0.435. The van der Waals surface area contributed by atoms with Gasteiger partial charge in [0.1, 0.15) is 0 Å². The summed E-state index contributed by atoms with van der Waals surface area (Å²) in [6.45, 7) is 1.45. The molecule has 1 heterocycles. The monoisotopic (exact) mass is 255 g/mol. The van der Waals surface area contributed by atoms with Gasteiger partial charge in [-0.3, -0.25) is 14.9 Å². The molecule has 0 saturated carbocycles. The number of rotatable bonds is 2. The summed E-state index contributed by atoms with van der Waals surface area (Å²) in [6, 6.07) is 4.10. The number of nitrogens with one attached hydrogen (secondary N) is 1. The highest BCUT2D eigenvalue weighted by molar-refractivity contribution is 6.34. The van der Waals surface area contributed by atoms with E-state index in [0.717, 1.165) is 0 Å². The molecule has 0 radical (unpaired) electrons. The number of halogens is 1. The van der Waals surface area contributed by atoms with E-state index in [1.165, 1.54) is 23.1 Å². The van der Waals surface area contributed by atoms with E-state index in [-0.39, 0.29) is 23.2 Å². The van der Waals surface area contributed by atoms with Gasteiger partial charge in [-0.05, 0) is 6.07 Å². The van der Waals surface area contributed by atoms with Gasteiger partial charge < -0.3 is 10.2 Å². The van der Waals surface area contributed by atoms with E-state index in [9.17, 15) is 14.9 Å².